The SMILES string of the molecule is CCC=C(C)C(=O)NCC(C)CC1(C)OCCO1. The van der Waals surface area contributed by atoms with Gasteiger partial charge in [-0.15, -0.1) is 0 Å². The molecule has 0 aliphatic carbocycles. The molecule has 1 N–H and O–H groups in total. The molecular weight excluding hydrogens is 230 g/mol. The van der Waals surface area contributed by atoms with Gasteiger partial charge in [0.1, 0.15) is 0 Å². The van der Waals surface area contributed by atoms with Crippen LogP contribution in [-0.2, 0) is 14.3 Å². The molecule has 1 fully saturated rings. The van der Waals surface area contributed by atoms with E-state index in [2.05, 4.69) is 12.2 Å². The zero-order valence-electron chi connectivity index (χ0n) is 11.9. The average Bonchev–Trinajstić information content (AvgIpc) is 2.72. The maximum Gasteiger partial charge on any atom is 0.246 e. The number of nitrogens with one attached hydrogen (secondary N) is 1. The number of ether oxygens (including phenoxy) is 2. The van der Waals surface area contributed by atoms with Crippen LogP contribution in [0.15, 0.2) is 11.6 Å². The van der Waals surface area contributed by atoms with Crippen molar-refractivity contribution in [3.8, 4) is 0 Å². The van der Waals surface area contributed by atoms with Crippen LogP contribution in [0.1, 0.15) is 40.5 Å². The van der Waals surface area contributed by atoms with Gasteiger partial charge in [0.15, 0.2) is 5.79 Å². The van der Waals surface area contributed by atoms with E-state index in [0.717, 1.165) is 18.4 Å². The Morgan fingerprint density at radius 1 is 1.44 bits per heavy atom. The Morgan fingerprint density at radius 3 is 2.61 bits per heavy atom. The zero-order chi connectivity index (χ0) is 13.6. The normalized spacial score (nSPS) is 20.8. The Balaban J connectivity index is 2.30. The van der Waals surface area contributed by atoms with E-state index in [1.54, 1.807) is 0 Å². The lowest BCUT2D eigenvalue weighted by atomic mass is 10.0. The van der Waals surface area contributed by atoms with Gasteiger partial charge < -0.3 is 14.8 Å². The summed E-state index contributed by atoms with van der Waals surface area (Å²) in [6.07, 6.45) is 3.61. The van der Waals surface area contributed by atoms with Gasteiger partial charge >= 0.3 is 0 Å². The van der Waals surface area contributed by atoms with Crippen molar-refractivity contribution in [3.05, 3.63) is 11.6 Å². The minimum atomic E-state index is -0.474. The van der Waals surface area contributed by atoms with Crippen LogP contribution in [-0.4, -0.2) is 31.5 Å². The molecule has 0 bridgehead atoms. The van der Waals surface area contributed by atoms with Crippen molar-refractivity contribution in [2.75, 3.05) is 19.8 Å². The highest BCUT2D eigenvalue weighted by Crippen LogP contribution is 2.26. The molecule has 1 aliphatic rings. The smallest absolute Gasteiger partial charge is 0.246 e. The second kappa shape index (κ2) is 6.90. The number of carbonyl (C=O) groups is 1. The summed E-state index contributed by atoms with van der Waals surface area (Å²) >= 11 is 0. The highest BCUT2D eigenvalue weighted by molar-refractivity contribution is 5.92. The molecule has 0 aromatic carbocycles. The number of rotatable bonds is 6. The number of allylic oxidation sites excluding steroid dienone is 1. The second-order valence-electron chi connectivity index (χ2n) is 5.15. The van der Waals surface area contributed by atoms with Gasteiger partial charge in [0, 0.05) is 18.5 Å². The average molecular weight is 255 g/mol. The summed E-state index contributed by atoms with van der Waals surface area (Å²) in [7, 11) is 0. The zero-order valence-corrected chi connectivity index (χ0v) is 11.9. The molecule has 104 valence electrons. The first-order valence-corrected chi connectivity index (χ1v) is 6.69. The number of carbonyl (C=O) groups excluding carboxylic acids is 1. The Kier molecular flexibility index (Phi) is 5.82. The third-order valence-corrected chi connectivity index (χ3v) is 3.10. The molecule has 1 amide bonds. The molecule has 1 heterocycles. The fourth-order valence-corrected chi connectivity index (χ4v) is 2.19. The fourth-order valence-electron chi connectivity index (χ4n) is 2.19. The van der Waals surface area contributed by atoms with Gasteiger partial charge in [-0.05, 0) is 26.2 Å². The first-order chi connectivity index (χ1) is 8.47. The van der Waals surface area contributed by atoms with Crippen molar-refractivity contribution in [2.45, 2.75) is 46.3 Å². The summed E-state index contributed by atoms with van der Waals surface area (Å²) in [5, 5.41) is 2.94. The Hall–Kier alpha value is -0.870. The minimum absolute atomic E-state index is 0.0158. The molecule has 0 aromatic rings. The molecular formula is C14H25NO3. The molecule has 0 spiro atoms. The molecule has 1 saturated heterocycles. The molecule has 4 nitrogen and oxygen atoms in total. The van der Waals surface area contributed by atoms with E-state index in [-0.39, 0.29) is 5.91 Å². The van der Waals surface area contributed by atoms with Crippen LogP contribution in [0.25, 0.3) is 0 Å². The van der Waals surface area contributed by atoms with Gasteiger partial charge in [-0.25, -0.2) is 0 Å². The quantitative estimate of drug-likeness (QED) is 0.740. The van der Waals surface area contributed by atoms with Crippen LogP contribution < -0.4 is 5.32 Å². The van der Waals surface area contributed by atoms with Crippen LogP contribution in [0, 0.1) is 5.92 Å². The van der Waals surface area contributed by atoms with E-state index in [1.165, 1.54) is 0 Å². The van der Waals surface area contributed by atoms with E-state index in [0.29, 0.717) is 25.7 Å². The summed E-state index contributed by atoms with van der Waals surface area (Å²) in [6.45, 7) is 9.89. The summed E-state index contributed by atoms with van der Waals surface area (Å²) in [5.74, 6) is -0.132. The molecule has 0 radical (unpaired) electrons. The minimum Gasteiger partial charge on any atom is -0.352 e. The Bertz CT molecular complexity index is 306. The van der Waals surface area contributed by atoms with Crippen LogP contribution in [0.4, 0.5) is 0 Å². The molecule has 4 heteroatoms. The van der Waals surface area contributed by atoms with Gasteiger partial charge in [-0.3, -0.25) is 4.79 Å². The molecule has 1 rings (SSSR count). The fraction of sp³-hybridized carbons (Fsp3) is 0.786. The van der Waals surface area contributed by atoms with E-state index in [1.807, 2.05) is 26.8 Å². The lowest BCUT2D eigenvalue weighted by Gasteiger charge is -2.26. The first-order valence-electron chi connectivity index (χ1n) is 6.69. The number of hydrogen-bond acceptors (Lipinski definition) is 3. The second-order valence-corrected chi connectivity index (χ2v) is 5.15. The summed E-state index contributed by atoms with van der Waals surface area (Å²) in [5.41, 5.74) is 0.782. The van der Waals surface area contributed by atoms with Crippen molar-refractivity contribution in [3.63, 3.8) is 0 Å². The largest absolute Gasteiger partial charge is 0.352 e. The van der Waals surface area contributed by atoms with Gasteiger partial charge in [0.2, 0.25) is 5.91 Å². The Labute approximate surface area is 110 Å². The molecule has 1 aliphatic heterocycles. The van der Waals surface area contributed by atoms with E-state index >= 15 is 0 Å². The standard InChI is InChI=1S/C14H25NO3/c1-5-6-12(3)13(16)15-10-11(2)9-14(4)17-7-8-18-14/h6,11H,5,7-10H2,1-4H3,(H,15,16). The van der Waals surface area contributed by atoms with Crippen molar-refractivity contribution >= 4 is 5.91 Å². The molecule has 1 unspecified atom stereocenters. The van der Waals surface area contributed by atoms with Crippen molar-refractivity contribution < 1.29 is 14.3 Å². The van der Waals surface area contributed by atoms with Crippen molar-refractivity contribution in [2.24, 2.45) is 5.92 Å². The van der Waals surface area contributed by atoms with Gasteiger partial charge in [0.05, 0.1) is 13.2 Å². The van der Waals surface area contributed by atoms with E-state index < -0.39 is 5.79 Å². The third-order valence-electron chi connectivity index (χ3n) is 3.10. The monoisotopic (exact) mass is 255 g/mol. The Morgan fingerprint density at radius 2 is 2.06 bits per heavy atom. The van der Waals surface area contributed by atoms with Crippen LogP contribution in [0.3, 0.4) is 0 Å². The molecule has 0 saturated carbocycles. The highest BCUT2D eigenvalue weighted by atomic mass is 16.7. The predicted octanol–water partition coefficient (Wildman–Crippen LogP) is 2.25. The van der Waals surface area contributed by atoms with Crippen LogP contribution >= 0.6 is 0 Å². The van der Waals surface area contributed by atoms with Crippen LogP contribution in [0.2, 0.25) is 0 Å². The topological polar surface area (TPSA) is 47.6 Å². The van der Waals surface area contributed by atoms with E-state index in [4.69, 9.17) is 9.47 Å². The molecule has 0 aromatic heterocycles. The maximum absolute atomic E-state index is 11.7. The third kappa shape index (κ3) is 4.78. The summed E-state index contributed by atoms with van der Waals surface area (Å²) in [6, 6.07) is 0. The van der Waals surface area contributed by atoms with Crippen molar-refractivity contribution in [1.82, 2.24) is 5.32 Å². The van der Waals surface area contributed by atoms with Gasteiger partial charge in [0.25, 0.3) is 0 Å². The highest BCUT2D eigenvalue weighted by Gasteiger charge is 2.32. The maximum atomic E-state index is 11.7. The number of hydrogen-bond donors (Lipinski definition) is 1. The lowest BCUT2D eigenvalue weighted by molar-refractivity contribution is -0.154. The van der Waals surface area contributed by atoms with Crippen molar-refractivity contribution in [1.29, 1.82) is 0 Å². The molecule has 18 heavy (non-hydrogen) atoms. The summed E-state index contributed by atoms with van der Waals surface area (Å²) in [4.78, 5) is 11.7. The lowest BCUT2D eigenvalue weighted by Crippen LogP contribution is -2.34. The van der Waals surface area contributed by atoms with Gasteiger partial charge in [-0.1, -0.05) is 19.9 Å². The molecule has 1 atom stereocenters. The van der Waals surface area contributed by atoms with Gasteiger partial charge in [-0.2, -0.15) is 0 Å². The van der Waals surface area contributed by atoms with Crippen LogP contribution in [0.5, 0.6) is 0 Å². The van der Waals surface area contributed by atoms with E-state index in [9.17, 15) is 4.79 Å². The predicted molar refractivity (Wildman–Crippen MR) is 71.1 cm³/mol. The first kappa shape index (κ1) is 15.2. The number of amides is 1. The summed E-state index contributed by atoms with van der Waals surface area (Å²) < 4.78 is 11.1.